The van der Waals surface area contributed by atoms with Crippen molar-refractivity contribution in [3.05, 3.63) is 51.2 Å². The minimum absolute atomic E-state index is 0.0122. The minimum atomic E-state index is -4.51. The molecule has 0 aliphatic carbocycles. The maximum Gasteiger partial charge on any atom is 0.416 e. The molecule has 7 heteroatoms. The van der Waals surface area contributed by atoms with Crippen LogP contribution in [0.5, 0.6) is 0 Å². The number of halogens is 4. The summed E-state index contributed by atoms with van der Waals surface area (Å²) < 4.78 is 37.8. The van der Waals surface area contributed by atoms with Crippen LogP contribution in [0.15, 0.2) is 35.7 Å². The molecule has 0 aliphatic rings. The fourth-order valence-electron chi connectivity index (χ4n) is 1.43. The molecular weight excluding hydrogens is 299 g/mol. The zero-order valence-corrected chi connectivity index (χ0v) is 10.9. The SMILES string of the molecule is O=C(Nc1cc(Cl)cc(C(F)(F)F)c1)c1cccs1. The van der Waals surface area contributed by atoms with E-state index >= 15 is 0 Å². The van der Waals surface area contributed by atoms with Gasteiger partial charge in [0.05, 0.1) is 10.4 Å². The molecule has 1 N–H and O–H groups in total. The summed E-state index contributed by atoms with van der Waals surface area (Å²) in [5, 5.41) is 4.00. The number of alkyl halides is 3. The van der Waals surface area contributed by atoms with E-state index in [2.05, 4.69) is 5.32 Å². The van der Waals surface area contributed by atoms with E-state index in [-0.39, 0.29) is 10.7 Å². The number of anilines is 1. The lowest BCUT2D eigenvalue weighted by Crippen LogP contribution is -2.12. The molecule has 2 aromatic rings. The van der Waals surface area contributed by atoms with Crippen LogP contribution < -0.4 is 5.32 Å². The van der Waals surface area contributed by atoms with Crippen LogP contribution in [-0.4, -0.2) is 5.91 Å². The second-order valence-electron chi connectivity index (χ2n) is 3.66. The fraction of sp³-hybridized carbons (Fsp3) is 0.0833. The molecule has 2 rings (SSSR count). The van der Waals surface area contributed by atoms with Crippen LogP contribution in [0, 0.1) is 0 Å². The number of amides is 1. The first-order valence-corrected chi connectivity index (χ1v) is 6.34. The molecule has 0 atom stereocenters. The summed E-state index contributed by atoms with van der Waals surface area (Å²) in [5.41, 5.74) is -0.889. The topological polar surface area (TPSA) is 29.1 Å². The van der Waals surface area contributed by atoms with Crippen LogP contribution in [-0.2, 0) is 6.18 Å². The summed E-state index contributed by atoms with van der Waals surface area (Å²) in [6, 6.07) is 6.18. The summed E-state index contributed by atoms with van der Waals surface area (Å²) in [6.45, 7) is 0. The molecular formula is C12H7ClF3NOS. The predicted octanol–water partition coefficient (Wildman–Crippen LogP) is 4.67. The Labute approximate surface area is 115 Å². The van der Waals surface area contributed by atoms with Crippen molar-refractivity contribution >= 4 is 34.5 Å². The molecule has 1 aromatic carbocycles. The van der Waals surface area contributed by atoms with E-state index in [1.165, 1.54) is 17.4 Å². The van der Waals surface area contributed by atoms with Gasteiger partial charge in [0, 0.05) is 10.7 Å². The second kappa shape index (κ2) is 5.22. The summed E-state index contributed by atoms with van der Waals surface area (Å²) >= 11 is 6.81. The highest BCUT2D eigenvalue weighted by Gasteiger charge is 2.31. The number of hydrogen-bond acceptors (Lipinski definition) is 2. The Balaban J connectivity index is 2.26. The fourth-order valence-corrected chi connectivity index (χ4v) is 2.28. The summed E-state index contributed by atoms with van der Waals surface area (Å²) in [4.78, 5) is 12.1. The summed E-state index contributed by atoms with van der Waals surface area (Å²) in [7, 11) is 0. The van der Waals surface area contributed by atoms with Crippen molar-refractivity contribution in [2.75, 3.05) is 5.32 Å². The molecule has 2 nitrogen and oxygen atoms in total. The van der Waals surface area contributed by atoms with Crippen molar-refractivity contribution in [2.45, 2.75) is 6.18 Å². The number of thiophene rings is 1. The minimum Gasteiger partial charge on any atom is -0.321 e. The number of nitrogens with one attached hydrogen (secondary N) is 1. The monoisotopic (exact) mass is 305 g/mol. The largest absolute Gasteiger partial charge is 0.416 e. The quantitative estimate of drug-likeness (QED) is 0.858. The van der Waals surface area contributed by atoms with Gasteiger partial charge in [-0.25, -0.2) is 0 Å². The van der Waals surface area contributed by atoms with Gasteiger partial charge in [0.15, 0.2) is 0 Å². The highest BCUT2D eigenvalue weighted by Crippen LogP contribution is 2.33. The van der Waals surface area contributed by atoms with Crippen molar-refractivity contribution in [3.8, 4) is 0 Å². The molecule has 0 saturated heterocycles. The third-order valence-electron chi connectivity index (χ3n) is 2.23. The maximum absolute atomic E-state index is 12.6. The standard InChI is InChI=1S/C12H7ClF3NOS/c13-8-4-7(12(14,15)16)5-9(6-8)17-11(18)10-2-1-3-19-10/h1-6H,(H,17,18). The average molecular weight is 306 g/mol. The van der Waals surface area contributed by atoms with Gasteiger partial charge in [-0.1, -0.05) is 17.7 Å². The van der Waals surface area contributed by atoms with Gasteiger partial charge in [-0.2, -0.15) is 13.2 Å². The molecule has 0 aliphatic heterocycles. The van der Waals surface area contributed by atoms with Crippen LogP contribution >= 0.6 is 22.9 Å². The number of carbonyl (C=O) groups excluding carboxylic acids is 1. The van der Waals surface area contributed by atoms with Crippen molar-refractivity contribution in [1.82, 2.24) is 0 Å². The van der Waals surface area contributed by atoms with Crippen LogP contribution in [0.2, 0.25) is 5.02 Å². The van der Waals surface area contributed by atoms with Crippen molar-refractivity contribution in [1.29, 1.82) is 0 Å². The van der Waals surface area contributed by atoms with E-state index in [9.17, 15) is 18.0 Å². The Kier molecular flexibility index (Phi) is 3.82. The van der Waals surface area contributed by atoms with Crippen molar-refractivity contribution in [2.24, 2.45) is 0 Å². The van der Waals surface area contributed by atoms with Crippen LogP contribution in [0.1, 0.15) is 15.2 Å². The first kappa shape index (κ1) is 13.9. The maximum atomic E-state index is 12.6. The molecule has 100 valence electrons. The predicted molar refractivity (Wildman–Crippen MR) is 68.7 cm³/mol. The molecule has 0 radical (unpaired) electrons. The molecule has 0 bridgehead atoms. The van der Waals surface area contributed by atoms with Gasteiger partial charge in [-0.3, -0.25) is 4.79 Å². The lowest BCUT2D eigenvalue weighted by atomic mass is 10.2. The number of rotatable bonds is 2. The van der Waals surface area contributed by atoms with E-state index in [1.807, 2.05) is 0 Å². The lowest BCUT2D eigenvalue weighted by Gasteiger charge is -2.10. The van der Waals surface area contributed by atoms with Gasteiger partial charge >= 0.3 is 6.18 Å². The van der Waals surface area contributed by atoms with Gasteiger partial charge < -0.3 is 5.32 Å². The highest BCUT2D eigenvalue weighted by atomic mass is 35.5. The van der Waals surface area contributed by atoms with Gasteiger partial charge in [0.1, 0.15) is 0 Å². The summed E-state index contributed by atoms with van der Waals surface area (Å²) in [6.07, 6.45) is -4.51. The van der Waals surface area contributed by atoms with Gasteiger partial charge in [0.2, 0.25) is 0 Å². The molecule has 0 unspecified atom stereocenters. The zero-order valence-electron chi connectivity index (χ0n) is 9.29. The third-order valence-corrected chi connectivity index (χ3v) is 3.31. The average Bonchev–Trinajstić information content (AvgIpc) is 2.80. The Morgan fingerprint density at radius 3 is 2.58 bits per heavy atom. The Hall–Kier alpha value is -1.53. The molecule has 19 heavy (non-hydrogen) atoms. The number of benzene rings is 1. The molecule has 0 saturated carbocycles. The Bertz CT molecular complexity index is 596. The Morgan fingerprint density at radius 1 is 1.26 bits per heavy atom. The molecule has 0 fully saturated rings. The second-order valence-corrected chi connectivity index (χ2v) is 5.04. The first-order valence-electron chi connectivity index (χ1n) is 5.09. The number of hydrogen-bond donors (Lipinski definition) is 1. The first-order chi connectivity index (χ1) is 8.86. The molecule has 0 spiro atoms. The zero-order chi connectivity index (χ0) is 14.0. The van der Waals surface area contributed by atoms with E-state index < -0.39 is 17.6 Å². The van der Waals surface area contributed by atoms with E-state index in [0.29, 0.717) is 4.88 Å². The third kappa shape index (κ3) is 3.48. The lowest BCUT2D eigenvalue weighted by molar-refractivity contribution is -0.137. The smallest absolute Gasteiger partial charge is 0.321 e. The normalized spacial score (nSPS) is 11.4. The van der Waals surface area contributed by atoms with Crippen molar-refractivity contribution in [3.63, 3.8) is 0 Å². The van der Waals surface area contributed by atoms with E-state index in [1.54, 1.807) is 17.5 Å². The molecule has 1 aromatic heterocycles. The van der Waals surface area contributed by atoms with Gasteiger partial charge in [-0.15, -0.1) is 11.3 Å². The summed E-state index contributed by atoms with van der Waals surface area (Å²) in [5.74, 6) is -0.467. The molecule has 1 amide bonds. The highest BCUT2D eigenvalue weighted by molar-refractivity contribution is 7.12. The molecule has 1 heterocycles. The van der Waals surface area contributed by atoms with Crippen molar-refractivity contribution < 1.29 is 18.0 Å². The number of carbonyl (C=O) groups is 1. The van der Waals surface area contributed by atoms with E-state index in [4.69, 9.17) is 11.6 Å². The van der Waals surface area contributed by atoms with Crippen LogP contribution in [0.4, 0.5) is 18.9 Å². The van der Waals surface area contributed by atoms with Gasteiger partial charge in [0.25, 0.3) is 5.91 Å². The van der Waals surface area contributed by atoms with Crippen LogP contribution in [0.3, 0.4) is 0 Å². The Morgan fingerprint density at radius 2 is 2.00 bits per heavy atom. The van der Waals surface area contributed by atoms with Gasteiger partial charge in [-0.05, 0) is 29.6 Å². The van der Waals surface area contributed by atoms with Crippen LogP contribution in [0.25, 0.3) is 0 Å². The van der Waals surface area contributed by atoms with E-state index in [0.717, 1.165) is 12.1 Å².